The SMILES string of the molecule is Cc1cc(N)c(S(=O)(=O)Nc2ccncc2C)cc1C. The third-order valence-electron chi connectivity index (χ3n) is 3.18. The molecule has 0 saturated heterocycles. The summed E-state index contributed by atoms with van der Waals surface area (Å²) in [6.45, 7) is 5.53. The highest BCUT2D eigenvalue weighted by molar-refractivity contribution is 7.92. The summed E-state index contributed by atoms with van der Waals surface area (Å²) < 4.78 is 27.4. The molecule has 1 aromatic heterocycles. The standard InChI is InChI=1S/C14H17N3O2S/c1-9-6-12(15)14(7-10(9)2)20(18,19)17-13-4-5-16-8-11(13)3/h4-8H,15H2,1-3H3,(H,16,17). The van der Waals surface area contributed by atoms with Crippen molar-refractivity contribution in [1.82, 2.24) is 4.98 Å². The van der Waals surface area contributed by atoms with Gasteiger partial charge in [0.15, 0.2) is 0 Å². The quantitative estimate of drug-likeness (QED) is 0.850. The van der Waals surface area contributed by atoms with Gasteiger partial charge in [-0.3, -0.25) is 9.71 Å². The normalized spacial score (nSPS) is 11.3. The van der Waals surface area contributed by atoms with Gasteiger partial charge in [-0.2, -0.15) is 0 Å². The van der Waals surface area contributed by atoms with Crippen molar-refractivity contribution in [2.24, 2.45) is 0 Å². The van der Waals surface area contributed by atoms with Crippen LogP contribution < -0.4 is 10.5 Å². The summed E-state index contributed by atoms with van der Waals surface area (Å²) in [5.74, 6) is 0. The van der Waals surface area contributed by atoms with E-state index in [1.165, 1.54) is 6.20 Å². The number of nitrogens with one attached hydrogen (secondary N) is 1. The Balaban J connectivity index is 2.47. The highest BCUT2D eigenvalue weighted by atomic mass is 32.2. The van der Waals surface area contributed by atoms with Crippen LogP contribution in [-0.4, -0.2) is 13.4 Å². The van der Waals surface area contributed by atoms with Crippen molar-refractivity contribution in [3.8, 4) is 0 Å². The Morgan fingerprint density at radius 2 is 1.75 bits per heavy atom. The molecule has 0 aliphatic heterocycles. The summed E-state index contributed by atoms with van der Waals surface area (Å²) in [7, 11) is -3.71. The lowest BCUT2D eigenvalue weighted by Crippen LogP contribution is -2.16. The molecule has 20 heavy (non-hydrogen) atoms. The molecule has 0 atom stereocenters. The van der Waals surface area contributed by atoms with Gasteiger partial charge < -0.3 is 5.73 Å². The van der Waals surface area contributed by atoms with Gasteiger partial charge in [-0.15, -0.1) is 0 Å². The highest BCUT2D eigenvalue weighted by Crippen LogP contribution is 2.25. The van der Waals surface area contributed by atoms with Gasteiger partial charge >= 0.3 is 0 Å². The van der Waals surface area contributed by atoms with Gasteiger partial charge in [-0.1, -0.05) is 0 Å². The van der Waals surface area contributed by atoms with Gasteiger partial charge in [0.05, 0.1) is 11.4 Å². The van der Waals surface area contributed by atoms with E-state index in [-0.39, 0.29) is 10.6 Å². The van der Waals surface area contributed by atoms with Gasteiger partial charge in [0.2, 0.25) is 0 Å². The van der Waals surface area contributed by atoms with E-state index in [1.54, 1.807) is 31.3 Å². The fourth-order valence-electron chi connectivity index (χ4n) is 1.83. The fraction of sp³-hybridized carbons (Fsp3) is 0.214. The molecule has 3 N–H and O–H groups in total. The number of aromatic nitrogens is 1. The average Bonchev–Trinajstić information content (AvgIpc) is 2.36. The van der Waals surface area contributed by atoms with Crippen LogP contribution in [0.5, 0.6) is 0 Å². The second-order valence-electron chi connectivity index (χ2n) is 4.77. The van der Waals surface area contributed by atoms with Crippen molar-refractivity contribution in [2.75, 3.05) is 10.5 Å². The molecule has 2 aromatic rings. The first kappa shape index (κ1) is 14.3. The molecule has 5 nitrogen and oxygen atoms in total. The lowest BCUT2D eigenvalue weighted by molar-refractivity contribution is 0.601. The van der Waals surface area contributed by atoms with E-state index >= 15 is 0 Å². The molecule has 106 valence electrons. The Kier molecular flexibility index (Phi) is 3.67. The number of benzene rings is 1. The summed E-state index contributed by atoms with van der Waals surface area (Å²) >= 11 is 0. The van der Waals surface area contributed by atoms with Crippen LogP contribution in [0.1, 0.15) is 16.7 Å². The Bertz CT molecular complexity index is 755. The van der Waals surface area contributed by atoms with E-state index in [2.05, 4.69) is 9.71 Å². The van der Waals surface area contributed by atoms with Crippen LogP contribution in [-0.2, 0) is 10.0 Å². The number of anilines is 2. The molecule has 0 radical (unpaired) electrons. The van der Waals surface area contributed by atoms with Crippen LogP contribution in [0.15, 0.2) is 35.5 Å². The van der Waals surface area contributed by atoms with E-state index in [1.807, 2.05) is 13.8 Å². The van der Waals surface area contributed by atoms with Crippen LogP contribution in [0.3, 0.4) is 0 Å². The van der Waals surface area contributed by atoms with Crippen LogP contribution in [0.4, 0.5) is 11.4 Å². The molecule has 0 aliphatic rings. The first-order valence-electron chi connectivity index (χ1n) is 6.11. The zero-order valence-corrected chi connectivity index (χ0v) is 12.5. The maximum absolute atomic E-state index is 12.4. The van der Waals surface area contributed by atoms with Gasteiger partial charge in [0.25, 0.3) is 10.0 Å². The zero-order chi connectivity index (χ0) is 14.9. The summed E-state index contributed by atoms with van der Waals surface area (Å²) in [5, 5.41) is 0. The second-order valence-corrected chi connectivity index (χ2v) is 6.42. The predicted octanol–water partition coefficient (Wildman–Crippen LogP) is 2.39. The Labute approximate surface area is 118 Å². The lowest BCUT2D eigenvalue weighted by atomic mass is 10.1. The summed E-state index contributed by atoms with van der Waals surface area (Å²) in [5.41, 5.74) is 9.17. The van der Waals surface area contributed by atoms with Crippen LogP contribution in [0, 0.1) is 20.8 Å². The molecular formula is C14H17N3O2S. The zero-order valence-electron chi connectivity index (χ0n) is 11.6. The number of nitrogens with two attached hydrogens (primary N) is 1. The number of sulfonamides is 1. The summed E-state index contributed by atoms with van der Waals surface area (Å²) in [4.78, 5) is 4.03. The first-order valence-corrected chi connectivity index (χ1v) is 7.60. The van der Waals surface area contributed by atoms with Crippen LogP contribution >= 0.6 is 0 Å². The number of nitrogens with zero attached hydrogens (tertiary/aromatic N) is 1. The molecule has 6 heteroatoms. The molecule has 0 amide bonds. The average molecular weight is 291 g/mol. The Morgan fingerprint density at radius 3 is 2.40 bits per heavy atom. The maximum atomic E-state index is 12.4. The van der Waals surface area contributed by atoms with E-state index in [9.17, 15) is 8.42 Å². The van der Waals surface area contributed by atoms with Crippen molar-refractivity contribution < 1.29 is 8.42 Å². The molecule has 1 heterocycles. The van der Waals surface area contributed by atoms with Crippen molar-refractivity contribution >= 4 is 21.4 Å². The monoisotopic (exact) mass is 291 g/mol. The van der Waals surface area contributed by atoms with E-state index in [0.29, 0.717) is 5.69 Å². The minimum atomic E-state index is -3.71. The minimum Gasteiger partial charge on any atom is -0.398 e. The fourth-order valence-corrected chi connectivity index (χ4v) is 3.16. The summed E-state index contributed by atoms with van der Waals surface area (Å²) in [6, 6.07) is 4.87. The van der Waals surface area contributed by atoms with E-state index in [0.717, 1.165) is 16.7 Å². The molecule has 1 aromatic carbocycles. The minimum absolute atomic E-state index is 0.0943. The number of nitrogen functional groups attached to an aromatic ring is 1. The molecule has 0 aliphatic carbocycles. The topological polar surface area (TPSA) is 85.1 Å². The Morgan fingerprint density at radius 1 is 1.10 bits per heavy atom. The third-order valence-corrected chi connectivity index (χ3v) is 4.60. The van der Waals surface area contributed by atoms with Crippen molar-refractivity contribution in [1.29, 1.82) is 0 Å². The van der Waals surface area contributed by atoms with Crippen molar-refractivity contribution in [3.05, 3.63) is 47.3 Å². The predicted molar refractivity (Wildman–Crippen MR) is 80.1 cm³/mol. The second kappa shape index (κ2) is 5.13. The molecule has 0 spiro atoms. The molecule has 2 rings (SSSR count). The third kappa shape index (κ3) is 2.75. The largest absolute Gasteiger partial charge is 0.398 e. The van der Waals surface area contributed by atoms with Crippen LogP contribution in [0.25, 0.3) is 0 Å². The molecule has 0 saturated carbocycles. The first-order chi connectivity index (χ1) is 9.31. The number of hydrogen-bond acceptors (Lipinski definition) is 4. The Hall–Kier alpha value is -2.08. The highest BCUT2D eigenvalue weighted by Gasteiger charge is 2.19. The van der Waals surface area contributed by atoms with Gasteiger partial charge in [0, 0.05) is 12.4 Å². The molecule has 0 fully saturated rings. The van der Waals surface area contributed by atoms with E-state index in [4.69, 9.17) is 5.73 Å². The van der Waals surface area contributed by atoms with Crippen molar-refractivity contribution in [3.63, 3.8) is 0 Å². The number of aryl methyl sites for hydroxylation is 3. The number of pyridine rings is 1. The van der Waals surface area contributed by atoms with Crippen LogP contribution in [0.2, 0.25) is 0 Å². The van der Waals surface area contributed by atoms with Gasteiger partial charge in [-0.25, -0.2) is 8.42 Å². The molecule has 0 unspecified atom stereocenters. The lowest BCUT2D eigenvalue weighted by Gasteiger charge is -2.13. The van der Waals surface area contributed by atoms with E-state index < -0.39 is 10.0 Å². The maximum Gasteiger partial charge on any atom is 0.263 e. The van der Waals surface area contributed by atoms with Gasteiger partial charge in [-0.05, 0) is 55.7 Å². The molecule has 0 bridgehead atoms. The van der Waals surface area contributed by atoms with Crippen molar-refractivity contribution in [2.45, 2.75) is 25.7 Å². The number of hydrogen-bond donors (Lipinski definition) is 2. The summed E-state index contributed by atoms with van der Waals surface area (Å²) in [6.07, 6.45) is 3.14. The molecular weight excluding hydrogens is 274 g/mol. The number of rotatable bonds is 3. The van der Waals surface area contributed by atoms with Gasteiger partial charge in [0.1, 0.15) is 4.90 Å². The smallest absolute Gasteiger partial charge is 0.263 e.